The van der Waals surface area contributed by atoms with Gasteiger partial charge in [0, 0.05) is 0 Å². The fourth-order valence-electron chi connectivity index (χ4n) is 0.535. The molecule has 0 saturated carbocycles. The topological polar surface area (TPSA) is 27.7 Å². The van der Waals surface area contributed by atoms with E-state index in [2.05, 4.69) is 0 Å². The van der Waals surface area contributed by atoms with Crippen molar-refractivity contribution in [2.75, 3.05) is 26.4 Å². The summed E-state index contributed by atoms with van der Waals surface area (Å²) < 4.78 is 15.2. The van der Waals surface area contributed by atoms with Crippen molar-refractivity contribution in [2.45, 2.75) is 20.0 Å². The summed E-state index contributed by atoms with van der Waals surface area (Å²) >= 11 is 1.85. The van der Waals surface area contributed by atoms with Gasteiger partial charge in [0.15, 0.2) is 0 Å². The average Bonchev–Trinajstić information content (AvgIpc) is 1.96. The molecule has 68 valence electrons. The first-order chi connectivity index (χ1) is 5.27. The van der Waals surface area contributed by atoms with Crippen molar-refractivity contribution in [3.8, 4) is 0 Å². The molecular weight excluding hydrogens is 259 g/mol. The Hall–Kier alpha value is 0.610. The highest BCUT2D eigenvalue weighted by Crippen LogP contribution is 1.88. The van der Waals surface area contributed by atoms with Crippen LogP contribution in [-0.4, -0.2) is 32.5 Å². The monoisotopic (exact) mass is 274 g/mol. The van der Waals surface area contributed by atoms with E-state index in [9.17, 15) is 0 Å². The van der Waals surface area contributed by atoms with E-state index < -0.39 is 0 Å². The highest BCUT2D eigenvalue weighted by Gasteiger charge is 1.92. The lowest BCUT2D eigenvalue weighted by Crippen LogP contribution is -2.11. The van der Waals surface area contributed by atoms with Crippen LogP contribution in [0.5, 0.6) is 0 Å². The first-order valence-electron chi connectivity index (χ1n) is 3.70. The zero-order valence-corrected chi connectivity index (χ0v) is 9.17. The molecule has 0 fully saturated rings. The van der Waals surface area contributed by atoms with Crippen LogP contribution in [0.4, 0.5) is 0 Å². The van der Waals surface area contributed by atoms with Gasteiger partial charge in [-0.25, -0.2) is 0 Å². The second-order valence-corrected chi connectivity index (χ2v) is 2.97. The Morgan fingerprint density at radius 1 is 1.09 bits per heavy atom. The molecule has 0 bridgehead atoms. The van der Waals surface area contributed by atoms with Gasteiger partial charge in [-0.15, -0.1) is 0 Å². The maximum Gasteiger partial charge on any atom is 0.109 e. The molecule has 0 saturated heterocycles. The minimum atomic E-state index is 0.291. The molecule has 0 rings (SSSR count). The summed E-state index contributed by atoms with van der Waals surface area (Å²) in [4.78, 5) is 0. The SMILES string of the molecule is CC(C)OCCOCCOI. The summed E-state index contributed by atoms with van der Waals surface area (Å²) in [6.07, 6.45) is 0.291. The maximum absolute atomic E-state index is 5.25. The van der Waals surface area contributed by atoms with Crippen molar-refractivity contribution in [1.29, 1.82) is 0 Å². The molecule has 0 amide bonds. The normalized spacial score (nSPS) is 10.9. The summed E-state index contributed by atoms with van der Waals surface area (Å²) in [5.41, 5.74) is 0. The predicted octanol–water partition coefficient (Wildman–Crippen LogP) is 1.79. The van der Waals surface area contributed by atoms with Crippen molar-refractivity contribution in [2.24, 2.45) is 0 Å². The van der Waals surface area contributed by atoms with Crippen LogP contribution < -0.4 is 0 Å². The van der Waals surface area contributed by atoms with Crippen LogP contribution in [0.25, 0.3) is 0 Å². The van der Waals surface area contributed by atoms with Crippen molar-refractivity contribution < 1.29 is 12.5 Å². The molecule has 0 heterocycles. The highest BCUT2D eigenvalue weighted by atomic mass is 127. The summed E-state index contributed by atoms with van der Waals surface area (Å²) in [7, 11) is 0. The molecular formula is C7H15IO3. The molecule has 0 N–H and O–H groups in total. The van der Waals surface area contributed by atoms with E-state index in [1.165, 1.54) is 0 Å². The van der Waals surface area contributed by atoms with Crippen molar-refractivity contribution in [3.63, 3.8) is 0 Å². The van der Waals surface area contributed by atoms with E-state index in [-0.39, 0.29) is 0 Å². The second kappa shape index (κ2) is 8.70. The molecule has 0 radical (unpaired) electrons. The zero-order valence-electron chi connectivity index (χ0n) is 7.01. The lowest BCUT2D eigenvalue weighted by atomic mass is 10.5. The number of ether oxygens (including phenoxy) is 2. The molecule has 4 heteroatoms. The Labute approximate surface area is 82.1 Å². The van der Waals surface area contributed by atoms with Gasteiger partial charge in [-0.1, -0.05) is 0 Å². The third-order valence-electron chi connectivity index (χ3n) is 0.984. The van der Waals surface area contributed by atoms with Gasteiger partial charge in [0.2, 0.25) is 0 Å². The van der Waals surface area contributed by atoms with Crippen LogP contribution in [0.1, 0.15) is 13.8 Å². The summed E-state index contributed by atoms with van der Waals surface area (Å²) in [6, 6.07) is 0. The molecule has 0 spiro atoms. The van der Waals surface area contributed by atoms with Gasteiger partial charge in [-0.05, 0) is 13.8 Å². The molecule has 0 aliphatic rings. The first kappa shape index (κ1) is 11.6. The molecule has 11 heavy (non-hydrogen) atoms. The third-order valence-corrected chi connectivity index (χ3v) is 1.42. The Morgan fingerprint density at radius 3 is 2.27 bits per heavy atom. The van der Waals surface area contributed by atoms with Gasteiger partial charge in [0.25, 0.3) is 0 Å². The van der Waals surface area contributed by atoms with Gasteiger partial charge in [-0.2, -0.15) is 0 Å². The van der Waals surface area contributed by atoms with Crippen molar-refractivity contribution in [1.82, 2.24) is 0 Å². The molecule has 0 aromatic rings. The summed E-state index contributed by atoms with van der Waals surface area (Å²) in [5, 5.41) is 0. The zero-order chi connectivity index (χ0) is 8.53. The number of hydrogen-bond acceptors (Lipinski definition) is 3. The minimum Gasteiger partial charge on any atom is -0.377 e. The largest absolute Gasteiger partial charge is 0.377 e. The van der Waals surface area contributed by atoms with Crippen LogP contribution >= 0.6 is 23.0 Å². The lowest BCUT2D eigenvalue weighted by molar-refractivity contribution is 0.0151. The maximum atomic E-state index is 5.25. The molecule has 0 unspecified atom stereocenters. The molecule has 0 aromatic carbocycles. The highest BCUT2D eigenvalue weighted by molar-refractivity contribution is 14.1. The molecule has 0 aromatic heterocycles. The van der Waals surface area contributed by atoms with E-state index in [1.54, 1.807) is 0 Å². The van der Waals surface area contributed by atoms with Crippen LogP contribution in [0.3, 0.4) is 0 Å². The number of halogens is 1. The van der Waals surface area contributed by atoms with Crippen LogP contribution in [0.2, 0.25) is 0 Å². The van der Waals surface area contributed by atoms with Crippen molar-refractivity contribution >= 4 is 23.0 Å². The second-order valence-electron chi connectivity index (χ2n) is 2.35. The molecule has 0 aliphatic heterocycles. The Morgan fingerprint density at radius 2 is 1.73 bits per heavy atom. The van der Waals surface area contributed by atoms with Gasteiger partial charge in [-0.3, -0.25) is 0 Å². The average molecular weight is 274 g/mol. The Bertz CT molecular complexity index is 78.1. The quantitative estimate of drug-likeness (QED) is 0.523. The standard InChI is InChI=1S/C7H15IO3/c1-7(2)10-5-3-9-4-6-11-8/h7H,3-6H2,1-2H3. The number of rotatable bonds is 7. The summed E-state index contributed by atoms with van der Waals surface area (Å²) in [6.45, 7) is 6.62. The van der Waals surface area contributed by atoms with Gasteiger partial charge >= 0.3 is 0 Å². The van der Waals surface area contributed by atoms with Crippen LogP contribution in [-0.2, 0) is 12.5 Å². The van der Waals surface area contributed by atoms with E-state index in [4.69, 9.17) is 12.5 Å². The van der Waals surface area contributed by atoms with E-state index in [0.717, 1.165) is 0 Å². The van der Waals surface area contributed by atoms with Crippen LogP contribution in [0.15, 0.2) is 0 Å². The van der Waals surface area contributed by atoms with Gasteiger partial charge in [0.1, 0.15) is 23.0 Å². The molecule has 0 atom stereocenters. The summed E-state index contributed by atoms with van der Waals surface area (Å²) in [5.74, 6) is 0. The number of hydrogen-bond donors (Lipinski definition) is 0. The first-order valence-corrected chi connectivity index (χ1v) is 4.58. The lowest BCUT2D eigenvalue weighted by Gasteiger charge is -2.07. The Balaban J connectivity index is 2.80. The third kappa shape index (κ3) is 10.6. The van der Waals surface area contributed by atoms with E-state index >= 15 is 0 Å². The predicted molar refractivity (Wildman–Crippen MR) is 51.9 cm³/mol. The van der Waals surface area contributed by atoms with Crippen molar-refractivity contribution in [3.05, 3.63) is 0 Å². The van der Waals surface area contributed by atoms with E-state index in [1.807, 2.05) is 36.9 Å². The smallest absolute Gasteiger partial charge is 0.109 e. The van der Waals surface area contributed by atoms with Gasteiger partial charge in [0.05, 0.1) is 32.5 Å². The Kier molecular flexibility index (Phi) is 9.19. The molecule has 0 aliphatic carbocycles. The fourth-order valence-corrected chi connectivity index (χ4v) is 0.715. The van der Waals surface area contributed by atoms with E-state index in [0.29, 0.717) is 32.5 Å². The van der Waals surface area contributed by atoms with Gasteiger partial charge < -0.3 is 12.5 Å². The fraction of sp³-hybridized carbons (Fsp3) is 1.00. The van der Waals surface area contributed by atoms with Crippen LogP contribution in [0, 0.1) is 0 Å². The minimum absolute atomic E-state index is 0.291. The molecule has 3 nitrogen and oxygen atoms in total.